The number of hydrogen-bond donors (Lipinski definition) is 1. The van der Waals surface area contributed by atoms with Crippen LogP contribution in [0, 0.1) is 0 Å². The zero-order chi connectivity index (χ0) is 12.4. The van der Waals surface area contributed by atoms with Gasteiger partial charge in [-0.2, -0.15) is 23.5 Å². The number of hydrogen-bond acceptors (Lipinski definition) is 3. The fourth-order valence-electron chi connectivity index (χ4n) is 2.29. The summed E-state index contributed by atoms with van der Waals surface area (Å²) in [5.74, 6) is 3.42. The maximum absolute atomic E-state index is 10.5. The van der Waals surface area contributed by atoms with Crippen LogP contribution in [0.2, 0.25) is 0 Å². The standard InChI is InChI=1S/C15H16OS2/c16-15(14-10-17-7-8-18-14)13-6-5-11-3-1-2-4-12(11)9-13/h1-6,9,14-16H,7-8,10H2. The van der Waals surface area contributed by atoms with Gasteiger partial charge >= 0.3 is 0 Å². The maximum atomic E-state index is 10.5. The summed E-state index contributed by atoms with van der Waals surface area (Å²) in [5, 5.41) is 13.3. The van der Waals surface area contributed by atoms with Gasteiger partial charge < -0.3 is 5.11 Å². The number of thioether (sulfide) groups is 2. The zero-order valence-electron chi connectivity index (χ0n) is 10.1. The molecule has 1 N–H and O–H groups in total. The molecule has 1 nitrogen and oxygen atoms in total. The monoisotopic (exact) mass is 276 g/mol. The van der Waals surface area contributed by atoms with E-state index in [1.54, 1.807) is 0 Å². The number of fused-ring (bicyclic) bond motifs is 1. The molecule has 1 aliphatic rings. The molecule has 3 heteroatoms. The molecule has 0 aromatic heterocycles. The molecule has 3 rings (SSSR count). The van der Waals surface area contributed by atoms with Crippen molar-refractivity contribution in [1.82, 2.24) is 0 Å². The number of aliphatic hydroxyl groups excluding tert-OH is 1. The predicted molar refractivity (Wildman–Crippen MR) is 82.5 cm³/mol. The smallest absolute Gasteiger partial charge is 0.0916 e. The Morgan fingerprint density at radius 2 is 1.89 bits per heavy atom. The van der Waals surface area contributed by atoms with Crippen molar-refractivity contribution >= 4 is 34.3 Å². The number of rotatable bonds is 2. The highest BCUT2D eigenvalue weighted by atomic mass is 32.2. The van der Waals surface area contributed by atoms with E-state index in [0.29, 0.717) is 5.25 Å². The summed E-state index contributed by atoms with van der Waals surface area (Å²) < 4.78 is 0. The maximum Gasteiger partial charge on any atom is 0.0916 e. The quantitative estimate of drug-likeness (QED) is 0.902. The Bertz CT molecular complexity index is 535. The Hall–Kier alpha value is -0.640. The van der Waals surface area contributed by atoms with Gasteiger partial charge in [-0.3, -0.25) is 0 Å². The van der Waals surface area contributed by atoms with Gasteiger partial charge in [-0.1, -0.05) is 36.4 Å². The fraction of sp³-hybridized carbons (Fsp3) is 0.333. The lowest BCUT2D eigenvalue weighted by molar-refractivity contribution is 0.180. The third kappa shape index (κ3) is 2.53. The van der Waals surface area contributed by atoms with Crippen molar-refractivity contribution in [2.24, 2.45) is 0 Å². The first-order chi connectivity index (χ1) is 8.84. The van der Waals surface area contributed by atoms with Crippen molar-refractivity contribution in [2.75, 3.05) is 17.3 Å². The van der Waals surface area contributed by atoms with Gasteiger partial charge in [-0.25, -0.2) is 0 Å². The molecule has 0 saturated carbocycles. The van der Waals surface area contributed by atoms with Crippen LogP contribution in [0.15, 0.2) is 42.5 Å². The van der Waals surface area contributed by atoms with Gasteiger partial charge in [0.15, 0.2) is 0 Å². The highest BCUT2D eigenvalue weighted by Crippen LogP contribution is 2.34. The van der Waals surface area contributed by atoms with E-state index in [9.17, 15) is 5.11 Å². The summed E-state index contributed by atoms with van der Waals surface area (Å²) in [4.78, 5) is 0. The second-order valence-electron chi connectivity index (χ2n) is 4.54. The van der Waals surface area contributed by atoms with Gasteiger partial charge in [0, 0.05) is 22.5 Å². The molecule has 2 unspecified atom stereocenters. The minimum absolute atomic E-state index is 0.338. The molecule has 0 bridgehead atoms. The Morgan fingerprint density at radius 3 is 2.67 bits per heavy atom. The minimum atomic E-state index is -0.340. The van der Waals surface area contributed by atoms with Crippen molar-refractivity contribution in [1.29, 1.82) is 0 Å². The second-order valence-corrected chi connectivity index (χ2v) is 7.03. The number of benzene rings is 2. The van der Waals surface area contributed by atoms with Crippen LogP contribution in [0.3, 0.4) is 0 Å². The molecule has 18 heavy (non-hydrogen) atoms. The van der Waals surface area contributed by atoms with E-state index in [-0.39, 0.29) is 6.10 Å². The van der Waals surface area contributed by atoms with Gasteiger partial charge in [0.05, 0.1) is 6.10 Å². The van der Waals surface area contributed by atoms with Crippen molar-refractivity contribution in [3.63, 3.8) is 0 Å². The van der Waals surface area contributed by atoms with E-state index < -0.39 is 0 Å². The number of aliphatic hydroxyl groups is 1. The van der Waals surface area contributed by atoms with Crippen LogP contribution in [-0.4, -0.2) is 27.6 Å². The first-order valence-electron chi connectivity index (χ1n) is 6.21. The molecule has 1 saturated heterocycles. The molecule has 2 aromatic rings. The molecule has 0 amide bonds. The summed E-state index contributed by atoms with van der Waals surface area (Å²) in [6.45, 7) is 0. The van der Waals surface area contributed by atoms with Crippen molar-refractivity contribution in [3.05, 3.63) is 48.0 Å². The zero-order valence-corrected chi connectivity index (χ0v) is 11.7. The summed E-state index contributed by atoms with van der Waals surface area (Å²) in [7, 11) is 0. The van der Waals surface area contributed by atoms with Crippen LogP contribution in [0.4, 0.5) is 0 Å². The molecule has 94 valence electrons. The molecular weight excluding hydrogens is 260 g/mol. The van der Waals surface area contributed by atoms with E-state index in [2.05, 4.69) is 30.3 Å². The van der Waals surface area contributed by atoms with E-state index in [1.165, 1.54) is 16.5 Å². The van der Waals surface area contributed by atoms with Gasteiger partial charge in [-0.15, -0.1) is 0 Å². The fourth-order valence-corrected chi connectivity index (χ4v) is 5.05. The summed E-state index contributed by atoms with van der Waals surface area (Å²) in [6.07, 6.45) is -0.340. The topological polar surface area (TPSA) is 20.2 Å². The van der Waals surface area contributed by atoms with Gasteiger partial charge in [0.2, 0.25) is 0 Å². The average Bonchev–Trinajstić information content (AvgIpc) is 2.47. The first kappa shape index (κ1) is 12.4. The Balaban J connectivity index is 1.88. The Kier molecular flexibility index (Phi) is 3.83. The molecule has 1 heterocycles. The normalized spacial score (nSPS) is 21.9. The lowest BCUT2D eigenvalue weighted by Gasteiger charge is -2.26. The highest BCUT2D eigenvalue weighted by Gasteiger charge is 2.24. The molecule has 0 aliphatic carbocycles. The third-order valence-electron chi connectivity index (χ3n) is 3.31. The predicted octanol–water partition coefficient (Wildman–Crippen LogP) is 3.72. The van der Waals surface area contributed by atoms with Crippen LogP contribution in [0.1, 0.15) is 11.7 Å². The van der Waals surface area contributed by atoms with Gasteiger partial charge in [0.25, 0.3) is 0 Å². The van der Waals surface area contributed by atoms with Gasteiger partial charge in [-0.05, 0) is 22.4 Å². The van der Waals surface area contributed by atoms with Crippen LogP contribution in [0.25, 0.3) is 10.8 Å². The van der Waals surface area contributed by atoms with E-state index in [0.717, 1.165) is 17.1 Å². The largest absolute Gasteiger partial charge is 0.387 e. The van der Waals surface area contributed by atoms with Crippen molar-refractivity contribution in [2.45, 2.75) is 11.4 Å². The SMILES string of the molecule is OC(c1ccc2ccccc2c1)C1CSCCS1. The van der Waals surface area contributed by atoms with E-state index in [1.807, 2.05) is 35.7 Å². The summed E-state index contributed by atoms with van der Waals surface area (Å²) in [6, 6.07) is 14.6. The molecule has 2 aromatic carbocycles. The lowest BCUT2D eigenvalue weighted by atomic mass is 10.0. The molecule has 1 aliphatic heterocycles. The third-order valence-corrected chi connectivity index (χ3v) is 6.16. The van der Waals surface area contributed by atoms with Crippen molar-refractivity contribution in [3.8, 4) is 0 Å². The second kappa shape index (κ2) is 5.55. The lowest BCUT2D eigenvalue weighted by Crippen LogP contribution is -2.22. The summed E-state index contributed by atoms with van der Waals surface area (Å²) in [5.41, 5.74) is 1.05. The Labute approximate surface area is 116 Å². The summed E-state index contributed by atoms with van der Waals surface area (Å²) >= 11 is 3.85. The molecule has 0 spiro atoms. The van der Waals surface area contributed by atoms with E-state index >= 15 is 0 Å². The average molecular weight is 276 g/mol. The highest BCUT2D eigenvalue weighted by molar-refractivity contribution is 8.06. The molecule has 0 radical (unpaired) electrons. The molecule has 1 fully saturated rings. The van der Waals surface area contributed by atoms with Crippen LogP contribution in [-0.2, 0) is 0 Å². The minimum Gasteiger partial charge on any atom is -0.387 e. The molecular formula is C15H16OS2. The van der Waals surface area contributed by atoms with E-state index in [4.69, 9.17) is 0 Å². The van der Waals surface area contributed by atoms with Crippen LogP contribution < -0.4 is 0 Å². The van der Waals surface area contributed by atoms with Gasteiger partial charge in [0.1, 0.15) is 0 Å². The van der Waals surface area contributed by atoms with Crippen LogP contribution >= 0.6 is 23.5 Å². The van der Waals surface area contributed by atoms with Crippen LogP contribution in [0.5, 0.6) is 0 Å². The Morgan fingerprint density at radius 1 is 1.06 bits per heavy atom. The molecule has 2 atom stereocenters. The van der Waals surface area contributed by atoms with Crippen molar-refractivity contribution < 1.29 is 5.11 Å². The first-order valence-corrected chi connectivity index (χ1v) is 8.41.